The summed E-state index contributed by atoms with van der Waals surface area (Å²) in [5.74, 6) is 0.702. The maximum atomic E-state index is 14.8. The standard InChI is InChI=1S/C27H33FN4O2S.C26H32FN5O2S/c1-18-16-32(19(2)15-30-18)17-21-7-9-23(28)22(13-21)24-11-12-29-27(31-24)6-4-5-20-8-10-26(35(3)34)25(33)14-20;1-17-15-32(18(2)14-30-17)16-20-6-8-22(27)21(12-20)23-10-11-29-26(31-23)5-3-4-19-7-9-25(35(28)34)24(33)13-19/h7-14,18-19,30,33H,4-6,15-17H2,1-3H3;6-13,17-18,30,33H,3-5,14-16,28H2,1-2H3/t18-,19-,35?;17-,18-,35?/m00/s1. The van der Waals surface area contributed by atoms with E-state index in [0.717, 1.165) is 80.8 Å². The summed E-state index contributed by atoms with van der Waals surface area (Å²) in [5.41, 5.74) is 6.13. The van der Waals surface area contributed by atoms with E-state index in [9.17, 15) is 27.4 Å². The molecule has 4 aromatic carbocycles. The number of benzene rings is 4. The maximum Gasteiger partial charge on any atom is 0.133 e. The number of hydrogen-bond donors (Lipinski definition) is 5. The second-order valence-electron chi connectivity index (χ2n) is 18.6. The lowest BCUT2D eigenvalue weighted by Crippen LogP contribution is -2.53. The van der Waals surface area contributed by atoms with E-state index in [-0.39, 0.29) is 28.0 Å². The topological polar surface area (TPSA) is 183 Å². The Morgan fingerprint density at radius 2 is 1.04 bits per heavy atom. The van der Waals surface area contributed by atoms with Gasteiger partial charge in [-0.05, 0) is 136 Å². The molecule has 0 saturated carbocycles. The van der Waals surface area contributed by atoms with Gasteiger partial charge in [-0.1, -0.05) is 24.3 Å². The molecule has 17 heteroatoms. The van der Waals surface area contributed by atoms with E-state index in [4.69, 9.17) is 5.14 Å². The van der Waals surface area contributed by atoms with Crippen molar-refractivity contribution in [3.8, 4) is 34.0 Å². The summed E-state index contributed by atoms with van der Waals surface area (Å²) in [6.07, 6.45) is 9.07. The van der Waals surface area contributed by atoms with E-state index in [2.05, 4.69) is 68.1 Å². The molecule has 0 spiro atoms. The predicted octanol–water partition coefficient (Wildman–Crippen LogP) is 7.41. The summed E-state index contributed by atoms with van der Waals surface area (Å²) >= 11 is 0. The molecule has 13 nitrogen and oxygen atoms in total. The van der Waals surface area contributed by atoms with Crippen LogP contribution in [0, 0.1) is 11.6 Å². The van der Waals surface area contributed by atoms with Gasteiger partial charge in [0.1, 0.15) is 45.8 Å². The number of rotatable bonds is 16. The minimum absolute atomic E-state index is 0.0570. The number of nitrogens with two attached hydrogens (primary N) is 1. The van der Waals surface area contributed by atoms with Crippen molar-refractivity contribution in [3.05, 3.63) is 143 Å². The fourth-order valence-corrected chi connectivity index (χ4v) is 10.0. The molecular formula is C53H65F2N9O4S2. The van der Waals surface area contributed by atoms with Crippen LogP contribution < -0.4 is 15.8 Å². The van der Waals surface area contributed by atoms with Gasteiger partial charge in [0.05, 0.1) is 32.0 Å². The van der Waals surface area contributed by atoms with Crippen molar-refractivity contribution in [2.45, 2.75) is 113 Å². The van der Waals surface area contributed by atoms with Crippen molar-refractivity contribution in [2.24, 2.45) is 5.14 Å². The van der Waals surface area contributed by atoms with Crippen LogP contribution in [0.4, 0.5) is 8.78 Å². The number of nitrogens with zero attached hydrogens (tertiary/aromatic N) is 6. The lowest BCUT2D eigenvalue weighted by Gasteiger charge is -2.37. The molecule has 2 saturated heterocycles. The summed E-state index contributed by atoms with van der Waals surface area (Å²) in [7, 11) is -2.94. The van der Waals surface area contributed by atoms with Crippen LogP contribution >= 0.6 is 0 Å². The highest BCUT2D eigenvalue weighted by molar-refractivity contribution is 7.84. The number of hydrogen-bond acceptors (Lipinski definition) is 12. The first kappa shape index (κ1) is 52.4. The van der Waals surface area contributed by atoms with Crippen molar-refractivity contribution >= 4 is 21.8 Å². The Bertz CT molecular complexity index is 2600. The van der Waals surface area contributed by atoms with Gasteiger partial charge >= 0.3 is 0 Å². The summed E-state index contributed by atoms with van der Waals surface area (Å²) < 4.78 is 52.5. The molecule has 0 bridgehead atoms. The van der Waals surface area contributed by atoms with Crippen LogP contribution in [0.2, 0.25) is 0 Å². The fraction of sp³-hybridized carbons (Fsp3) is 0.396. The molecule has 0 aliphatic carbocycles. The van der Waals surface area contributed by atoms with Crippen LogP contribution in [0.5, 0.6) is 11.5 Å². The molecule has 2 aliphatic heterocycles. The molecule has 2 aromatic heterocycles. The SMILES string of the molecule is C[C@H]1CN(Cc2ccc(F)c(-c3ccnc(CCCc4ccc(S(C)=O)c(O)c4)n3)c2)[C@@H](C)CN1.C[C@H]1CN(Cc2ccc(F)c(-c3ccnc(CCCc4ccc(S(N)=O)c(O)c4)n3)c2)[C@@H](C)CN1. The second kappa shape index (κ2) is 24.6. The lowest BCUT2D eigenvalue weighted by molar-refractivity contribution is 0.139. The average Bonchev–Trinajstić information content (AvgIpc) is 3.33. The minimum Gasteiger partial charge on any atom is -0.507 e. The van der Waals surface area contributed by atoms with E-state index in [1.807, 2.05) is 30.3 Å². The number of phenolic OH excluding ortho intramolecular Hbond substituents is 2. The molecular weight excluding hydrogens is 929 g/mol. The smallest absolute Gasteiger partial charge is 0.133 e. The minimum atomic E-state index is -1.72. The number of phenols is 2. The van der Waals surface area contributed by atoms with Crippen LogP contribution in [0.3, 0.4) is 0 Å². The molecule has 2 unspecified atom stereocenters. The monoisotopic (exact) mass is 993 g/mol. The molecule has 2 aliphatic rings. The third-order valence-electron chi connectivity index (χ3n) is 12.9. The van der Waals surface area contributed by atoms with Crippen molar-refractivity contribution in [1.82, 2.24) is 40.4 Å². The van der Waals surface area contributed by atoms with Crippen molar-refractivity contribution in [3.63, 3.8) is 0 Å². The Morgan fingerprint density at radius 3 is 1.46 bits per heavy atom. The molecule has 6 N–H and O–H groups in total. The van der Waals surface area contributed by atoms with Crippen molar-refractivity contribution < 1.29 is 27.4 Å². The Kier molecular flexibility index (Phi) is 18.4. The molecule has 0 radical (unpaired) electrons. The van der Waals surface area contributed by atoms with Crippen LogP contribution in [0.15, 0.2) is 107 Å². The van der Waals surface area contributed by atoms with Gasteiger partial charge in [0.15, 0.2) is 0 Å². The summed E-state index contributed by atoms with van der Waals surface area (Å²) in [6, 6.07) is 26.0. The van der Waals surface area contributed by atoms with Gasteiger partial charge in [-0.2, -0.15) is 0 Å². The highest BCUT2D eigenvalue weighted by atomic mass is 32.2. The summed E-state index contributed by atoms with van der Waals surface area (Å²) in [4.78, 5) is 23.5. The number of aryl methyl sites for hydroxylation is 4. The second-order valence-corrected chi connectivity index (χ2v) is 21.0. The van der Waals surface area contributed by atoms with Gasteiger partial charge in [0, 0.05) is 106 Å². The number of aromatic hydroxyl groups is 2. The van der Waals surface area contributed by atoms with Crippen LogP contribution in [-0.4, -0.2) is 105 Å². The van der Waals surface area contributed by atoms with E-state index in [1.54, 1.807) is 61.1 Å². The van der Waals surface area contributed by atoms with E-state index < -0.39 is 21.8 Å². The molecule has 6 aromatic rings. The van der Waals surface area contributed by atoms with Crippen LogP contribution in [0.25, 0.3) is 22.5 Å². The number of piperazine rings is 2. The quantitative estimate of drug-likeness (QED) is 0.0649. The molecule has 372 valence electrons. The molecule has 6 atom stereocenters. The third-order valence-corrected chi connectivity index (χ3v) is 14.6. The third kappa shape index (κ3) is 14.4. The number of halogens is 2. The molecule has 4 heterocycles. The van der Waals surface area contributed by atoms with Crippen LogP contribution in [0.1, 0.15) is 74.4 Å². The fourth-order valence-electron chi connectivity index (χ4n) is 8.93. The Balaban J connectivity index is 0.000000206. The van der Waals surface area contributed by atoms with Gasteiger partial charge in [-0.3, -0.25) is 14.0 Å². The summed E-state index contributed by atoms with van der Waals surface area (Å²) in [6.45, 7) is 14.1. The molecule has 0 amide bonds. The predicted molar refractivity (Wildman–Crippen MR) is 273 cm³/mol. The zero-order valence-electron chi connectivity index (χ0n) is 40.6. The summed E-state index contributed by atoms with van der Waals surface area (Å²) in [5, 5.41) is 32.4. The van der Waals surface area contributed by atoms with Gasteiger partial charge in [-0.25, -0.2) is 38.1 Å². The van der Waals surface area contributed by atoms with Crippen molar-refractivity contribution in [2.75, 3.05) is 32.4 Å². The van der Waals surface area contributed by atoms with Crippen molar-refractivity contribution in [1.29, 1.82) is 0 Å². The van der Waals surface area contributed by atoms with E-state index in [0.29, 0.717) is 82.5 Å². The Morgan fingerprint density at radius 1 is 0.614 bits per heavy atom. The number of nitrogens with one attached hydrogen (secondary N) is 2. The normalized spacial score (nSPS) is 19.5. The first-order valence-electron chi connectivity index (χ1n) is 23.9. The van der Waals surface area contributed by atoms with Gasteiger partial charge < -0.3 is 20.8 Å². The molecule has 70 heavy (non-hydrogen) atoms. The maximum absolute atomic E-state index is 14.8. The first-order chi connectivity index (χ1) is 33.6. The Labute approximate surface area is 415 Å². The van der Waals surface area contributed by atoms with E-state index in [1.165, 1.54) is 12.1 Å². The van der Waals surface area contributed by atoms with Gasteiger partial charge in [-0.15, -0.1) is 0 Å². The lowest BCUT2D eigenvalue weighted by atomic mass is 10.0. The molecule has 8 rings (SSSR count). The Hall–Kier alpha value is -5.40. The highest BCUT2D eigenvalue weighted by Crippen LogP contribution is 2.28. The first-order valence-corrected chi connectivity index (χ1v) is 26.7. The average molecular weight is 994 g/mol. The molecule has 2 fully saturated rings. The van der Waals surface area contributed by atoms with Crippen LogP contribution in [-0.2, 0) is 60.6 Å². The zero-order chi connectivity index (χ0) is 49.9. The highest BCUT2D eigenvalue weighted by Gasteiger charge is 2.24. The van der Waals surface area contributed by atoms with Gasteiger partial charge in [0.25, 0.3) is 0 Å². The zero-order valence-corrected chi connectivity index (χ0v) is 42.2. The van der Waals surface area contributed by atoms with Gasteiger partial charge in [0.2, 0.25) is 0 Å². The number of aromatic nitrogens is 4. The van der Waals surface area contributed by atoms with E-state index >= 15 is 0 Å². The largest absolute Gasteiger partial charge is 0.507 e.